The maximum Gasteiger partial charge on any atom is 0.300 e. The molecular weight excluding hydrogens is 430 g/mol. The van der Waals surface area contributed by atoms with Crippen LogP contribution >= 0.6 is 0 Å². The minimum Gasteiger partial charge on any atom is -0.507 e. The summed E-state index contributed by atoms with van der Waals surface area (Å²) in [6.07, 6.45) is 0.725. The second-order valence-electron chi connectivity index (χ2n) is 8.55. The lowest BCUT2D eigenvalue weighted by Crippen LogP contribution is -2.30. The molecule has 2 aliphatic rings. The van der Waals surface area contributed by atoms with Crippen LogP contribution in [0.3, 0.4) is 0 Å². The van der Waals surface area contributed by atoms with E-state index in [4.69, 9.17) is 9.47 Å². The van der Waals surface area contributed by atoms with Crippen molar-refractivity contribution in [2.45, 2.75) is 26.3 Å². The average molecular weight is 456 g/mol. The zero-order chi connectivity index (χ0) is 24.0. The molecule has 1 amide bonds. The van der Waals surface area contributed by atoms with Crippen molar-refractivity contribution in [2.75, 3.05) is 18.6 Å². The van der Waals surface area contributed by atoms with Gasteiger partial charge in [-0.1, -0.05) is 30.3 Å². The van der Waals surface area contributed by atoms with Gasteiger partial charge in [-0.05, 0) is 60.9 Å². The first-order valence-corrected chi connectivity index (χ1v) is 11.2. The number of amides is 1. The smallest absolute Gasteiger partial charge is 0.300 e. The second kappa shape index (κ2) is 8.37. The fourth-order valence-electron chi connectivity index (χ4n) is 4.75. The highest BCUT2D eigenvalue weighted by Gasteiger charge is 2.48. The minimum absolute atomic E-state index is 0.0364. The van der Waals surface area contributed by atoms with Gasteiger partial charge in [0.1, 0.15) is 17.3 Å². The lowest BCUT2D eigenvalue weighted by Gasteiger charge is -2.28. The first-order chi connectivity index (χ1) is 16.4. The van der Waals surface area contributed by atoms with Gasteiger partial charge in [0.15, 0.2) is 0 Å². The number of ether oxygens (including phenoxy) is 2. The van der Waals surface area contributed by atoms with Crippen LogP contribution in [0.2, 0.25) is 0 Å². The average Bonchev–Trinajstić information content (AvgIpc) is 3.42. The number of benzene rings is 3. The number of carbonyl (C=O) groups is 2. The third-order valence-corrected chi connectivity index (χ3v) is 6.68. The van der Waals surface area contributed by atoms with Crippen molar-refractivity contribution in [3.63, 3.8) is 0 Å². The number of aliphatic hydroxyl groups excluding tert-OH is 1. The van der Waals surface area contributed by atoms with E-state index in [0.717, 1.165) is 28.9 Å². The zero-order valence-corrected chi connectivity index (χ0v) is 19.3. The van der Waals surface area contributed by atoms with Gasteiger partial charge in [-0.3, -0.25) is 14.5 Å². The number of aliphatic hydroxyl groups is 1. The summed E-state index contributed by atoms with van der Waals surface area (Å²) in [5, 5.41) is 11.4. The highest BCUT2D eigenvalue weighted by atomic mass is 16.5. The molecule has 1 saturated heterocycles. The Morgan fingerprint density at radius 3 is 2.65 bits per heavy atom. The maximum atomic E-state index is 13.5. The molecule has 172 valence electrons. The molecule has 0 aromatic heterocycles. The number of methoxy groups -OCH3 is 1. The highest BCUT2D eigenvalue weighted by molar-refractivity contribution is 6.51. The van der Waals surface area contributed by atoms with Crippen molar-refractivity contribution >= 4 is 23.1 Å². The van der Waals surface area contributed by atoms with Crippen molar-refractivity contribution in [1.29, 1.82) is 0 Å². The third-order valence-electron chi connectivity index (χ3n) is 6.68. The monoisotopic (exact) mass is 455 g/mol. The Kier molecular flexibility index (Phi) is 5.36. The van der Waals surface area contributed by atoms with Crippen LogP contribution in [0, 0.1) is 13.8 Å². The molecule has 34 heavy (non-hydrogen) atoms. The van der Waals surface area contributed by atoms with Crippen LogP contribution in [0.4, 0.5) is 5.69 Å². The summed E-state index contributed by atoms with van der Waals surface area (Å²) in [4.78, 5) is 28.4. The Balaban J connectivity index is 1.76. The summed E-state index contributed by atoms with van der Waals surface area (Å²) in [6, 6.07) is 17.4. The number of hydrogen-bond donors (Lipinski definition) is 1. The molecule has 1 atom stereocenters. The van der Waals surface area contributed by atoms with Gasteiger partial charge in [0.25, 0.3) is 11.7 Å². The second-order valence-corrected chi connectivity index (χ2v) is 8.55. The van der Waals surface area contributed by atoms with Crippen molar-refractivity contribution in [1.82, 2.24) is 0 Å². The number of nitrogens with zero attached hydrogens (tertiary/aromatic N) is 1. The number of para-hydroxylation sites is 1. The quantitative estimate of drug-likeness (QED) is 0.345. The zero-order valence-electron chi connectivity index (χ0n) is 19.3. The van der Waals surface area contributed by atoms with Crippen LogP contribution in [0.25, 0.3) is 5.76 Å². The number of fused-ring (bicyclic) bond motifs is 1. The van der Waals surface area contributed by atoms with Crippen LogP contribution in [-0.2, 0) is 16.0 Å². The first-order valence-electron chi connectivity index (χ1n) is 11.2. The SMILES string of the molecule is COc1ccccc1C1/C(=C(\O)c2ccc3c(c2)CCO3)C(=O)C(=O)N1c1cccc(C)c1C. The van der Waals surface area contributed by atoms with Gasteiger partial charge in [-0.25, -0.2) is 0 Å². The van der Waals surface area contributed by atoms with Gasteiger partial charge in [-0.15, -0.1) is 0 Å². The lowest BCUT2D eigenvalue weighted by molar-refractivity contribution is -0.132. The van der Waals surface area contributed by atoms with Crippen LogP contribution in [0.5, 0.6) is 11.5 Å². The number of Topliss-reactive ketones (excluding diaryl/α,β-unsaturated/α-hetero) is 1. The predicted octanol–water partition coefficient (Wildman–Crippen LogP) is 4.87. The number of carbonyl (C=O) groups excluding carboxylic acids is 2. The molecule has 3 aromatic carbocycles. The summed E-state index contributed by atoms with van der Waals surface area (Å²) in [6.45, 7) is 4.46. The van der Waals surface area contributed by atoms with Gasteiger partial charge < -0.3 is 14.6 Å². The molecular formula is C28H25NO5. The summed E-state index contributed by atoms with van der Waals surface area (Å²) in [5.41, 5.74) is 4.60. The Bertz CT molecular complexity index is 1360. The van der Waals surface area contributed by atoms with Gasteiger partial charge in [0.05, 0.1) is 25.3 Å². The molecule has 1 fully saturated rings. The molecule has 5 rings (SSSR count). The van der Waals surface area contributed by atoms with E-state index >= 15 is 0 Å². The maximum absolute atomic E-state index is 13.5. The van der Waals surface area contributed by atoms with Crippen molar-refractivity contribution in [3.8, 4) is 11.5 Å². The van der Waals surface area contributed by atoms with E-state index in [1.807, 2.05) is 56.3 Å². The van der Waals surface area contributed by atoms with E-state index in [1.165, 1.54) is 4.90 Å². The molecule has 0 aliphatic carbocycles. The summed E-state index contributed by atoms with van der Waals surface area (Å²) in [5.74, 6) is -0.329. The van der Waals surface area contributed by atoms with Gasteiger partial charge in [0, 0.05) is 23.2 Å². The topological polar surface area (TPSA) is 76.1 Å². The van der Waals surface area contributed by atoms with E-state index < -0.39 is 17.7 Å². The molecule has 0 spiro atoms. The number of aryl methyl sites for hydroxylation is 1. The molecule has 3 aromatic rings. The molecule has 6 nitrogen and oxygen atoms in total. The Morgan fingerprint density at radius 2 is 1.85 bits per heavy atom. The Morgan fingerprint density at radius 1 is 1.06 bits per heavy atom. The van der Waals surface area contributed by atoms with Crippen molar-refractivity contribution in [2.24, 2.45) is 0 Å². The molecule has 2 aliphatic heterocycles. The van der Waals surface area contributed by atoms with Gasteiger partial charge in [-0.2, -0.15) is 0 Å². The fraction of sp³-hybridized carbons (Fsp3) is 0.214. The normalized spacial score (nSPS) is 18.7. The van der Waals surface area contributed by atoms with Crippen molar-refractivity contribution < 1.29 is 24.2 Å². The largest absolute Gasteiger partial charge is 0.507 e. The van der Waals surface area contributed by atoms with E-state index in [0.29, 0.717) is 29.2 Å². The Hall–Kier alpha value is -4.06. The molecule has 0 bridgehead atoms. The van der Waals surface area contributed by atoms with E-state index in [1.54, 1.807) is 25.3 Å². The first kappa shape index (κ1) is 21.8. The van der Waals surface area contributed by atoms with E-state index in [2.05, 4.69) is 0 Å². The van der Waals surface area contributed by atoms with Crippen LogP contribution in [0.1, 0.15) is 33.9 Å². The fourth-order valence-corrected chi connectivity index (χ4v) is 4.75. The van der Waals surface area contributed by atoms with Crippen molar-refractivity contribution in [3.05, 3.63) is 94.1 Å². The molecule has 2 heterocycles. The van der Waals surface area contributed by atoms with Gasteiger partial charge >= 0.3 is 0 Å². The van der Waals surface area contributed by atoms with Crippen LogP contribution in [-0.4, -0.2) is 30.5 Å². The standard InChI is InChI=1S/C28H25NO5/c1-16-7-6-9-21(17(16)2)29-25(20-8-4-5-10-23(20)33-3)24(27(31)28(29)32)26(30)19-11-12-22-18(15-19)13-14-34-22/h4-12,15,25,30H,13-14H2,1-3H3/b26-24+. The molecule has 0 saturated carbocycles. The molecule has 1 unspecified atom stereocenters. The van der Waals surface area contributed by atoms with Gasteiger partial charge in [0.2, 0.25) is 0 Å². The number of hydrogen-bond acceptors (Lipinski definition) is 5. The Labute approximate surface area is 198 Å². The highest BCUT2D eigenvalue weighted by Crippen LogP contribution is 2.46. The number of ketones is 1. The summed E-state index contributed by atoms with van der Waals surface area (Å²) >= 11 is 0. The predicted molar refractivity (Wildman–Crippen MR) is 129 cm³/mol. The summed E-state index contributed by atoms with van der Waals surface area (Å²) < 4.78 is 11.2. The summed E-state index contributed by atoms with van der Waals surface area (Å²) in [7, 11) is 1.55. The molecule has 1 N–H and O–H groups in total. The lowest BCUT2D eigenvalue weighted by atomic mass is 9.93. The number of rotatable bonds is 4. The molecule has 0 radical (unpaired) electrons. The minimum atomic E-state index is -0.846. The number of anilines is 1. The van der Waals surface area contributed by atoms with Crippen LogP contribution in [0.15, 0.2) is 66.2 Å². The third kappa shape index (κ3) is 3.34. The van der Waals surface area contributed by atoms with E-state index in [9.17, 15) is 14.7 Å². The van der Waals surface area contributed by atoms with Crippen LogP contribution < -0.4 is 14.4 Å². The van der Waals surface area contributed by atoms with E-state index in [-0.39, 0.29) is 11.3 Å². The molecule has 6 heteroatoms.